The van der Waals surface area contributed by atoms with Crippen molar-refractivity contribution in [3.8, 4) is 0 Å². The molecule has 2 atom stereocenters. The van der Waals surface area contributed by atoms with Gasteiger partial charge in [-0.15, -0.1) is 0 Å². The average molecular weight is 295 g/mol. The van der Waals surface area contributed by atoms with E-state index in [4.69, 9.17) is 0 Å². The quantitative estimate of drug-likeness (QED) is 0.888. The molecule has 6 heteroatoms. The van der Waals surface area contributed by atoms with Crippen molar-refractivity contribution in [3.63, 3.8) is 0 Å². The molecule has 0 radical (unpaired) electrons. The summed E-state index contributed by atoms with van der Waals surface area (Å²) in [5.74, 6) is 1.45. The molecule has 1 N–H and O–H groups in total. The third kappa shape index (κ3) is 2.42. The molecular formula is C14H21N3O2S. The van der Waals surface area contributed by atoms with Crippen LogP contribution in [0, 0.1) is 25.7 Å². The highest BCUT2D eigenvalue weighted by Crippen LogP contribution is 2.26. The first kappa shape index (κ1) is 13.8. The minimum Gasteiger partial charge on any atom is -0.342 e. The van der Waals surface area contributed by atoms with Crippen LogP contribution in [0.4, 0.5) is 0 Å². The van der Waals surface area contributed by atoms with Gasteiger partial charge >= 0.3 is 4.87 Å². The Morgan fingerprint density at radius 3 is 2.50 bits per heavy atom. The van der Waals surface area contributed by atoms with Crippen molar-refractivity contribution < 1.29 is 4.79 Å². The zero-order valence-corrected chi connectivity index (χ0v) is 12.8. The molecule has 2 fully saturated rings. The Hall–Kier alpha value is -1.14. The molecule has 3 rings (SSSR count). The van der Waals surface area contributed by atoms with Crippen LogP contribution < -0.4 is 10.2 Å². The lowest BCUT2D eigenvalue weighted by Crippen LogP contribution is -2.33. The van der Waals surface area contributed by atoms with Gasteiger partial charge in [-0.2, -0.15) is 0 Å². The first-order valence-electron chi connectivity index (χ1n) is 7.21. The molecule has 0 aliphatic carbocycles. The van der Waals surface area contributed by atoms with Crippen LogP contribution in [0.1, 0.15) is 17.0 Å². The number of nitrogens with one attached hydrogen (secondary N) is 1. The molecule has 0 spiro atoms. The Bertz CT molecular complexity index is 565. The average Bonchev–Trinajstić information content (AvgIpc) is 3.03. The number of hydrogen-bond donors (Lipinski definition) is 1. The lowest BCUT2D eigenvalue weighted by atomic mass is 10.0. The Balaban J connectivity index is 1.59. The third-order valence-corrected chi connectivity index (χ3v) is 5.66. The van der Waals surface area contributed by atoms with Gasteiger partial charge in [0, 0.05) is 49.7 Å². The van der Waals surface area contributed by atoms with Crippen molar-refractivity contribution in [2.24, 2.45) is 11.8 Å². The highest BCUT2D eigenvalue weighted by molar-refractivity contribution is 7.09. The molecule has 1 aromatic heterocycles. The number of carbonyl (C=O) groups excluding carboxylic acids is 1. The van der Waals surface area contributed by atoms with Crippen molar-refractivity contribution in [3.05, 3.63) is 20.2 Å². The van der Waals surface area contributed by atoms with E-state index in [9.17, 15) is 9.59 Å². The lowest BCUT2D eigenvalue weighted by Gasteiger charge is -2.17. The van der Waals surface area contributed by atoms with Crippen LogP contribution in [0.3, 0.4) is 0 Å². The molecule has 20 heavy (non-hydrogen) atoms. The largest absolute Gasteiger partial charge is 0.342 e. The SMILES string of the molecule is Cc1sc(=O)n(CCC(=O)N2C[C@H]3CNC[C@H]3C2)c1C. The Kier molecular flexibility index (Phi) is 3.69. The van der Waals surface area contributed by atoms with Crippen LogP contribution in [0.5, 0.6) is 0 Å². The minimum atomic E-state index is 0.0512. The number of aryl methyl sites for hydroxylation is 1. The monoisotopic (exact) mass is 295 g/mol. The summed E-state index contributed by atoms with van der Waals surface area (Å²) in [6.45, 7) is 8.25. The van der Waals surface area contributed by atoms with Gasteiger partial charge < -0.3 is 14.8 Å². The summed E-state index contributed by atoms with van der Waals surface area (Å²) < 4.78 is 1.73. The summed E-state index contributed by atoms with van der Waals surface area (Å²) in [6.07, 6.45) is 0.434. The predicted octanol–water partition coefficient (Wildman–Crippen LogP) is 0.595. The van der Waals surface area contributed by atoms with Gasteiger partial charge in [0.15, 0.2) is 0 Å². The van der Waals surface area contributed by atoms with Crippen LogP contribution >= 0.6 is 11.3 Å². The van der Waals surface area contributed by atoms with Crippen molar-refractivity contribution >= 4 is 17.2 Å². The van der Waals surface area contributed by atoms with E-state index in [-0.39, 0.29) is 10.8 Å². The molecule has 110 valence electrons. The summed E-state index contributed by atoms with van der Waals surface area (Å²) in [5.41, 5.74) is 0.996. The zero-order chi connectivity index (χ0) is 14.3. The van der Waals surface area contributed by atoms with Gasteiger partial charge in [-0.05, 0) is 25.7 Å². The van der Waals surface area contributed by atoms with E-state index < -0.39 is 0 Å². The fourth-order valence-corrected chi connectivity index (χ4v) is 4.13. The number of amides is 1. The normalized spacial score (nSPS) is 25.2. The van der Waals surface area contributed by atoms with Gasteiger partial charge in [-0.1, -0.05) is 11.3 Å². The van der Waals surface area contributed by atoms with E-state index in [0.29, 0.717) is 24.8 Å². The van der Waals surface area contributed by atoms with E-state index in [1.54, 1.807) is 4.57 Å². The summed E-state index contributed by atoms with van der Waals surface area (Å²) in [5, 5.41) is 3.38. The van der Waals surface area contributed by atoms with E-state index in [2.05, 4.69) is 5.32 Å². The number of hydrogen-bond acceptors (Lipinski definition) is 4. The van der Waals surface area contributed by atoms with Gasteiger partial charge in [0.1, 0.15) is 0 Å². The Morgan fingerprint density at radius 2 is 1.95 bits per heavy atom. The molecule has 0 aromatic carbocycles. The minimum absolute atomic E-state index is 0.0512. The molecular weight excluding hydrogens is 274 g/mol. The number of rotatable bonds is 3. The maximum absolute atomic E-state index is 12.3. The zero-order valence-electron chi connectivity index (χ0n) is 12.0. The van der Waals surface area contributed by atoms with Crippen LogP contribution in [0.2, 0.25) is 0 Å². The van der Waals surface area contributed by atoms with Gasteiger partial charge in [-0.25, -0.2) is 0 Å². The van der Waals surface area contributed by atoms with Crippen molar-refractivity contribution in [1.82, 2.24) is 14.8 Å². The fourth-order valence-electron chi connectivity index (χ4n) is 3.27. The molecule has 2 aliphatic rings. The second-order valence-electron chi connectivity index (χ2n) is 5.89. The maximum atomic E-state index is 12.3. The molecule has 2 aliphatic heterocycles. The Morgan fingerprint density at radius 1 is 1.30 bits per heavy atom. The van der Waals surface area contributed by atoms with E-state index in [0.717, 1.165) is 36.8 Å². The molecule has 2 saturated heterocycles. The van der Waals surface area contributed by atoms with E-state index in [1.165, 1.54) is 11.3 Å². The molecule has 3 heterocycles. The van der Waals surface area contributed by atoms with Gasteiger partial charge in [0.2, 0.25) is 5.91 Å². The summed E-state index contributed by atoms with van der Waals surface area (Å²) in [6, 6.07) is 0. The second kappa shape index (κ2) is 5.33. The van der Waals surface area contributed by atoms with Crippen molar-refractivity contribution in [2.75, 3.05) is 26.2 Å². The maximum Gasteiger partial charge on any atom is 0.307 e. The van der Waals surface area contributed by atoms with Crippen molar-refractivity contribution in [1.29, 1.82) is 0 Å². The smallest absolute Gasteiger partial charge is 0.307 e. The number of nitrogens with zero attached hydrogens (tertiary/aromatic N) is 2. The topological polar surface area (TPSA) is 54.3 Å². The predicted molar refractivity (Wildman–Crippen MR) is 79.1 cm³/mol. The third-order valence-electron chi connectivity index (χ3n) is 4.67. The molecule has 0 saturated carbocycles. The van der Waals surface area contributed by atoms with Crippen LogP contribution in [-0.2, 0) is 11.3 Å². The number of aromatic nitrogens is 1. The molecule has 1 amide bonds. The second-order valence-corrected chi connectivity index (χ2v) is 7.05. The van der Waals surface area contributed by atoms with Gasteiger partial charge in [0.05, 0.1) is 0 Å². The number of carbonyl (C=O) groups is 1. The molecule has 0 bridgehead atoms. The summed E-state index contributed by atoms with van der Waals surface area (Å²) in [4.78, 5) is 27.2. The standard InChI is InChI=1S/C14H21N3O2S/c1-9-10(2)20-14(19)17(9)4-3-13(18)16-7-11-5-15-6-12(11)8-16/h11-12,15H,3-8H2,1-2H3/t11-,12+. The molecule has 5 nitrogen and oxygen atoms in total. The number of thiazole rings is 1. The Labute approximate surface area is 122 Å². The van der Waals surface area contributed by atoms with Crippen LogP contribution in [0.15, 0.2) is 4.79 Å². The van der Waals surface area contributed by atoms with Gasteiger partial charge in [-0.3, -0.25) is 9.59 Å². The van der Waals surface area contributed by atoms with Crippen LogP contribution in [0.25, 0.3) is 0 Å². The number of likely N-dealkylation sites (tertiary alicyclic amines) is 1. The van der Waals surface area contributed by atoms with E-state index in [1.807, 2.05) is 18.7 Å². The molecule has 0 unspecified atom stereocenters. The highest BCUT2D eigenvalue weighted by atomic mass is 32.1. The lowest BCUT2D eigenvalue weighted by molar-refractivity contribution is -0.130. The molecule has 1 aromatic rings. The first-order chi connectivity index (χ1) is 9.56. The summed E-state index contributed by atoms with van der Waals surface area (Å²) >= 11 is 1.27. The highest BCUT2D eigenvalue weighted by Gasteiger charge is 2.37. The fraction of sp³-hybridized carbons (Fsp3) is 0.714. The van der Waals surface area contributed by atoms with E-state index >= 15 is 0 Å². The van der Waals surface area contributed by atoms with Gasteiger partial charge in [0.25, 0.3) is 0 Å². The number of fused-ring (bicyclic) bond motifs is 1. The summed E-state index contributed by atoms with van der Waals surface area (Å²) in [7, 11) is 0. The van der Waals surface area contributed by atoms with Crippen molar-refractivity contribution in [2.45, 2.75) is 26.8 Å². The van der Waals surface area contributed by atoms with Crippen LogP contribution in [-0.4, -0.2) is 41.6 Å². The first-order valence-corrected chi connectivity index (χ1v) is 8.03.